The molecule has 0 saturated heterocycles. The number of hydrogen-bond donors (Lipinski definition) is 1. The molecule has 0 radical (unpaired) electrons. The molecule has 124 valence electrons. The molecule has 1 atom stereocenters. The largest absolute Gasteiger partial charge is 0.508 e. The quantitative estimate of drug-likeness (QED) is 0.660. The van der Waals surface area contributed by atoms with Crippen molar-refractivity contribution in [3.8, 4) is 5.75 Å². The molecule has 0 aliphatic heterocycles. The fourth-order valence-corrected chi connectivity index (χ4v) is 1.75. The topological polar surface area (TPSA) is 66.8 Å². The van der Waals surface area contributed by atoms with Crippen LogP contribution in [0.15, 0.2) is 24.3 Å². The van der Waals surface area contributed by atoms with Crippen molar-refractivity contribution in [2.75, 3.05) is 7.11 Å². The number of benzene rings is 1. The van der Waals surface area contributed by atoms with Crippen LogP contribution in [0.5, 0.6) is 5.75 Å². The molecule has 0 spiro atoms. The van der Waals surface area contributed by atoms with Crippen LogP contribution in [0.1, 0.15) is 5.56 Å². The molecule has 10 heteroatoms. The second kappa shape index (κ2) is 8.09. The summed E-state index contributed by atoms with van der Waals surface area (Å²) in [4.78, 5) is 22.6. The van der Waals surface area contributed by atoms with Crippen molar-refractivity contribution < 1.29 is 32.6 Å². The first kappa shape index (κ1) is 20.3. The molecule has 1 N–H and O–H groups in total. The van der Waals surface area contributed by atoms with E-state index >= 15 is 0 Å². The van der Waals surface area contributed by atoms with E-state index in [2.05, 4.69) is 4.74 Å². The van der Waals surface area contributed by atoms with Crippen molar-refractivity contribution in [2.24, 2.45) is 0 Å². The number of carbonyl (C=O) groups excluding carboxylic acids is 2. The lowest BCUT2D eigenvalue weighted by molar-refractivity contribution is -0.183. The standard InChI is InChI=1S/C12H11ClF3NO4.ClH/c1-21-10(19)9(17(13)11(20)12(14,15)16)6-7-2-4-8(18)5-3-7;/h2-5,9,18H,6H2,1H3;1H/t9-;/m0./s1. The number of phenolic OH excluding ortho intramolecular Hbond substituents is 1. The Morgan fingerprint density at radius 3 is 2.23 bits per heavy atom. The third kappa shape index (κ3) is 5.27. The molecular formula is C12H12Cl2F3NO4. The summed E-state index contributed by atoms with van der Waals surface area (Å²) in [6.07, 6.45) is -5.50. The first-order chi connectivity index (χ1) is 9.66. The number of aromatic hydroxyl groups is 1. The summed E-state index contributed by atoms with van der Waals surface area (Å²) in [5.74, 6) is -3.50. The second-order valence-electron chi connectivity index (χ2n) is 4.02. The highest BCUT2D eigenvalue weighted by Gasteiger charge is 2.46. The van der Waals surface area contributed by atoms with E-state index in [1.54, 1.807) is 0 Å². The van der Waals surface area contributed by atoms with Gasteiger partial charge in [0, 0.05) is 18.2 Å². The van der Waals surface area contributed by atoms with Gasteiger partial charge >= 0.3 is 18.1 Å². The number of amides is 1. The summed E-state index contributed by atoms with van der Waals surface area (Å²) >= 11 is 5.35. The van der Waals surface area contributed by atoms with Gasteiger partial charge in [0.2, 0.25) is 0 Å². The van der Waals surface area contributed by atoms with Gasteiger partial charge in [0.05, 0.1) is 7.11 Å². The van der Waals surface area contributed by atoms with Gasteiger partial charge in [-0.25, -0.2) is 9.21 Å². The molecule has 0 aliphatic rings. The van der Waals surface area contributed by atoms with Gasteiger partial charge in [0.25, 0.3) is 0 Å². The van der Waals surface area contributed by atoms with Gasteiger partial charge in [-0.15, -0.1) is 12.4 Å². The van der Waals surface area contributed by atoms with Gasteiger partial charge in [-0.05, 0) is 17.7 Å². The van der Waals surface area contributed by atoms with E-state index in [0.29, 0.717) is 5.56 Å². The van der Waals surface area contributed by atoms with Crippen molar-refractivity contribution in [1.82, 2.24) is 4.42 Å². The average Bonchev–Trinajstić information content (AvgIpc) is 2.43. The minimum absolute atomic E-state index is 0. The molecule has 1 aromatic carbocycles. The van der Waals surface area contributed by atoms with Crippen LogP contribution in [-0.4, -0.2) is 40.7 Å². The first-order valence-corrected chi connectivity index (χ1v) is 5.92. The summed E-state index contributed by atoms with van der Waals surface area (Å²) < 4.78 is 41.2. The third-order valence-electron chi connectivity index (χ3n) is 2.55. The van der Waals surface area contributed by atoms with Gasteiger partial charge in [0.1, 0.15) is 5.75 Å². The molecule has 1 aromatic rings. The smallest absolute Gasteiger partial charge is 0.472 e. The molecule has 0 unspecified atom stereocenters. The number of ether oxygens (including phenoxy) is 1. The predicted octanol–water partition coefficient (Wildman–Crippen LogP) is 2.44. The monoisotopic (exact) mass is 361 g/mol. The van der Waals surface area contributed by atoms with Crippen LogP contribution in [0.2, 0.25) is 0 Å². The SMILES string of the molecule is COC(=O)[C@H](Cc1ccc(O)cc1)N(Cl)C(=O)C(F)(F)F.Cl. The van der Waals surface area contributed by atoms with Gasteiger partial charge < -0.3 is 9.84 Å². The Hall–Kier alpha value is -1.67. The normalized spacial score (nSPS) is 12.0. The Morgan fingerprint density at radius 1 is 1.32 bits per heavy atom. The Kier molecular flexibility index (Phi) is 7.48. The van der Waals surface area contributed by atoms with Crippen LogP contribution in [0.25, 0.3) is 0 Å². The maximum atomic E-state index is 12.4. The minimum atomic E-state index is -5.21. The lowest BCUT2D eigenvalue weighted by Gasteiger charge is -2.24. The number of hydrogen-bond acceptors (Lipinski definition) is 4. The van der Waals surface area contributed by atoms with Crippen LogP contribution < -0.4 is 0 Å². The lowest BCUT2D eigenvalue weighted by Crippen LogP contribution is -2.46. The zero-order chi connectivity index (χ0) is 16.2. The Balaban J connectivity index is 0.00000441. The molecule has 0 aromatic heterocycles. The molecule has 0 heterocycles. The molecule has 5 nitrogen and oxygen atoms in total. The predicted molar refractivity (Wildman–Crippen MR) is 73.6 cm³/mol. The van der Waals surface area contributed by atoms with E-state index in [1.165, 1.54) is 24.3 Å². The number of carbonyl (C=O) groups is 2. The summed E-state index contributed by atoms with van der Waals surface area (Å²) in [5, 5.41) is 9.12. The van der Waals surface area contributed by atoms with Crippen molar-refractivity contribution in [1.29, 1.82) is 0 Å². The Labute approximate surface area is 135 Å². The molecule has 0 bridgehead atoms. The summed E-state index contributed by atoms with van der Waals surface area (Å²) in [6, 6.07) is 3.69. The van der Waals surface area contributed by atoms with E-state index in [-0.39, 0.29) is 29.0 Å². The number of halogens is 5. The molecular weight excluding hydrogens is 350 g/mol. The maximum absolute atomic E-state index is 12.4. The lowest BCUT2D eigenvalue weighted by atomic mass is 10.1. The van der Waals surface area contributed by atoms with E-state index in [9.17, 15) is 22.8 Å². The van der Waals surface area contributed by atoms with E-state index in [1.807, 2.05) is 0 Å². The number of rotatable bonds is 4. The van der Waals surface area contributed by atoms with Crippen LogP contribution in [0.4, 0.5) is 13.2 Å². The number of nitrogens with zero attached hydrogens (tertiary/aromatic N) is 1. The third-order valence-corrected chi connectivity index (χ3v) is 2.94. The Morgan fingerprint density at radius 2 is 1.82 bits per heavy atom. The summed E-state index contributed by atoms with van der Waals surface area (Å²) in [5.41, 5.74) is 0.392. The molecule has 1 rings (SSSR count). The molecule has 0 aliphatic carbocycles. The van der Waals surface area contributed by atoms with Crippen LogP contribution in [0, 0.1) is 0 Å². The van der Waals surface area contributed by atoms with Gasteiger partial charge in [-0.1, -0.05) is 12.1 Å². The van der Waals surface area contributed by atoms with E-state index in [0.717, 1.165) is 7.11 Å². The fraction of sp³-hybridized carbons (Fsp3) is 0.333. The Bertz CT molecular complexity index is 522. The highest BCUT2D eigenvalue weighted by Crippen LogP contribution is 2.24. The number of phenols is 1. The van der Waals surface area contributed by atoms with Crippen LogP contribution in [-0.2, 0) is 20.7 Å². The number of alkyl halides is 3. The van der Waals surface area contributed by atoms with Crippen molar-refractivity contribution >= 4 is 36.1 Å². The van der Waals surface area contributed by atoms with E-state index in [4.69, 9.17) is 16.9 Å². The minimum Gasteiger partial charge on any atom is -0.508 e. The second-order valence-corrected chi connectivity index (χ2v) is 4.39. The highest BCUT2D eigenvalue weighted by molar-refractivity contribution is 6.23. The van der Waals surface area contributed by atoms with Crippen LogP contribution in [0.3, 0.4) is 0 Å². The van der Waals surface area contributed by atoms with Crippen molar-refractivity contribution in [3.63, 3.8) is 0 Å². The van der Waals surface area contributed by atoms with Crippen molar-refractivity contribution in [2.45, 2.75) is 18.6 Å². The maximum Gasteiger partial charge on any atom is 0.472 e. The van der Waals surface area contributed by atoms with Gasteiger partial charge in [-0.2, -0.15) is 13.2 Å². The first-order valence-electron chi connectivity index (χ1n) is 5.58. The van der Waals surface area contributed by atoms with Gasteiger partial charge in [0.15, 0.2) is 6.04 Å². The molecule has 1 amide bonds. The number of esters is 1. The molecule has 0 fully saturated rings. The fourth-order valence-electron chi connectivity index (χ4n) is 1.51. The highest BCUT2D eigenvalue weighted by atomic mass is 35.5. The molecule has 22 heavy (non-hydrogen) atoms. The average molecular weight is 362 g/mol. The molecule has 0 saturated carbocycles. The van der Waals surface area contributed by atoms with Crippen LogP contribution >= 0.6 is 24.2 Å². The number of methoxy groups -OCH3 is 1. The van der Waals surface area contributed by atoms with Gasteiger partial charge in [-0.3, -0.25) is 4.79 Å². The zero-order valence-corrected chi connectivity index (χ0v) is 12.7. The zero-order valence-electron chi connectivity index (χ0n) is 11.1. The van der Waals surface area contributed by atoms with E-state index < -0.39 is 24.1 Å². The van der Waals surface area contributed by atoms with Crippen molar-refractivity contribution in [3.05, 3.63) is 29.8 Å². The summed E-state index contributed by atoms with van der Waals surface area (Å²) in [6.45, 7) is 0. The summed E-state index contributed by atoms with van der Waals surface area (Å²) in [7, 11) is 0.967.